The maximum absolute atomic E-state index is 9.95. The molecule has 13 heavy (non-hydrogen) atoms. The van der Waals surface area contributed by atoms with Gasteiger partial charge in [-0.2, -0.15) is 16.8 Å². The fraction of sp³-hybridized carbons (Fsp3) is 1.00. The predicted molar refractivity (Wildman–Crippen MR) is 48.8 cm³/mol. The van der Waals surface area contributed by atoms with Crippen LogP contribution in [0.4, 0.5) is 0 Å². The van der Waals surface area contributed by atoms with Crippen molar-refractivity contribution in [3.63, 3.8) is 0 Å². The fourth-order valence-electron chi connectivity index (χ4n) is 0.327. The van der Waals surface area contributed by atoms with Gasteiger partial charge in [0.05, 0.1) is 12.0 Å². The molecule has 0 aromatic heterocycles. The molecule has 0 aliphatic heterocycles. The molecule has 0 fully saturated rings. The third kappa shape index (κ3) is 49.1. The van der Waals surface area contributed by atoms with Gasteiger partial charge in [-0.15, -0.1) is 0 Å². The van der Waals surface area contributed by atoms with Crippen molar-refractivity contribution in [3.05, 3.63) is 0 Å². The van der Waals surface area contributed by atoms with E-state index in [1.165, 1.54) is 0 Å². The molecule has 0 heterocycles. The highest BCUT2D eigenvalue weighted by molar-refractivity contribution is 7.85. The molecule has 0 unspecified atom stereocenters. The van der Waals surface area contributed by atoms with Gasteiger partial charge in [-0.25, -0.2) is 0 Å². The minimum absolute atomic E-state index is 0.108. The van der Waals surface area contributed by atoms with Gasteiger partial charge in [0.1, 0.15) is 0 Å². The van der Waals surface area contributed by atoms with E-state index in [-0.39, 0.29) is 5.75 Å². The van der Waals surface area contributed by atoms with Crippen LogP contribution in [0.5, 0.6) is 0 Å². The summed E-state index contributed by atoms with van der Waals surface area (Å²) in [6.07, 6.45) is 2.05. The number of hydrogen-bond donors (Lipinski definition) is 2. The van der Waals surface area contributed by atoms with E-state index in [2.05, 4.69) is 0 Å². The second-order valence-corrected chi connectivity index (χ2v) is 5.41. The predicted octanol–water partition coefficient (Wildman–Crippen LogP) is 0.178. The average Bonchev–Trinajstić information content (AvgIpc) is 1.77. The first-order chi connectivity index (χ1) is 5.56. The molecule has 0 spiro atoms. The van der Waals surface area contributed by atoms with Crippen LogP contribution in [0.1, 0.15) is 19.8 Å². The largest absolute Gasteiger partial charge is 0.286 e. The number of rotatable bonds is 3. The van der Waals surface area contributed by atoms with Crippen molar-refractivity contribution >= 4 is 20.2 Å². The molecule has 0 bridgehead atoms. The van der Waals surface area contributed by atoms with Gasteiger partial charge < -0.3 is 0 Å². The van der Waals surface area contributed by atoms with Crippen LogP contribution in [0.15, 0.2) is 0 Å². The highest BCUT2D eigenvalue weighted by Crippen LogP contribution is 1.90. The van der Waals surface area contributed by atoms with Crippen LogP contribution in [0.3, 0.4) is 0 Å². The zero-order valence-electron chi connectivity index (χ0n) is 7.47. The van der Waals surface area contributed by atoms with Crippen molar-refractivity contribution in [1.29, 1.82) is 0 Å². The molecule has 2 N–H and O–H groups in total. The Kier molecular flexibility index (Phi) is 7.41. The quantitative estimate of drug-likeness (QED) is 0.674. The summed E-state index contributed by atoms with van der Waals surface area (Å²) in [5.41, 5.74) is 0. The standard InChI is InChI=1S/C4H10O3S.CH4O3S/c1-2-3-4-8(5,6)7;1-5(2,3)4/h2-4H2,1H3,(H,5,6,7);1H3,(H,2,3,4). The number of hydrogen-bond acceptors (Lipinski definition) is 4. The molecule has 0 aliphatic carbocycles. The molecule has 0 aromatic carbocycles. The van der Waals surface area contributed by atoms with E-state index < -0.39 is 20.2 Å². The van der Waals surface area contributed by atoms with Crippen molar-refractivity contribution < 1.29 is 25.9 Å². The molecule has 82 valence electrons. The molecule has 0 atom stereocenters. The first-order valence-corrected chi connectivity index (χ1v) is 6.89. The van der Waals surface area contributed by atoms with Crippen LogP contribution < -0.4 is 0 Å². The highest BCUT2D eigenvalue weighted by atomic mass is 32.2. The highest BCUT2D eigenvalue weighted by Gasteiger charge is 2.00. The lowest BCUT2D eigenvalue weighted by atomic mass is 10.4. The van der Waals surface area contributed by atoms with Gasteiger partial charge in [-0.05, 0) is 6.42 Å². The Morgan fingerprint density at radius 3 is 1.46 bits per heavy atom. The number of unbranched alkanes of at least 4 members (excludes halogenated alkanes) is 1. The zero-order chi connectivity index (χ0) is 11.1. The van der Waals surface area contributed by atoms with E-state index in [0.29, 0.717) is 12.7 Å². The summed E-state index contributed by atoms with van der Waals surface area (Å²) in [5, 5.41) is 0. The molecule has 0 rings (SSSR count). The Morgan fingerprint density at radius 2 is 1.38 bits per heavy atom. The fourth-order valence-corrected chi connectivity index (χ4v) is 0.980. The van der Waals surface area contributed by atoms with Crippen molar-refractivity contribution in [2.24, 2.45) is 0 Å². The van der Waals surface area contributed by atoms with Crippen molar-refractivity contribution in [1.82, 2.24) is 0 Å². The summed E-state index contributed by atoms with van der Waals surface area (Å²) in [4.78, 5) is 0. The maximum atomic E-state index is 9.95. The van der Waals surface area contributed by atoms with Crippen LogP contribution >= 0.6 is 0 Å². The smallest absolute Gasteiger partial charge is 0.264 e. The lowest BCUT2D eigenvalue weighted by molar-refractivity contribution is 0.480. The SMILES string of the molecule is CCCCS(=O)(=O)O.CS(=O)(=O)O. The minimum atomic E-state index is -3.69. The van der Waals surface area contributed by atoms with E-state index in [4.69, 9.17) is 9.11 Å². The molecule has 0 amide bonds. The van der Waals surface area contributed by atoms with Gasteiger partial charge >= 0.3 is 0 Å². The second-order valence-electron chi connectivity index (χ2n) is 2.37. The topological polar surface area (TPSA) is 109 Å². The average molecular weight is 234 g/mol. The zero-order valence-corrected chi connectivity index (χ0v) is 9.10. The van der Waals surface area contributed by atoms with Crippen molar-refractivity contribution in [2.45, 2.75) is 19.8 Å². The van der Waals surface area contributed by atoms with Gasteiger partial charge in [-0.1, -0.05) is 13.3 Å². The maximum Gasteiger partial charge on any atom is 0.264 e. The summed E-state index contributed by atoms with van der Waals surface area (Å²) in [7, 11) is -7.35. The van der Waals surface area contributed by atoms with E-state index in [0.717, 1.165) is 6.42 Å². The summed E-state index contributed by atoms with van der Waals surface area (Å²) in [6.45, 7) is 1.87. The van der Waals surface area contributed by atoms with Gasteiger partial charge in [0.25, 0.3) is 20.2 Å². The van der Waals surface area contributed by atoms with Crippen LogP contribution in [-0.4, -0.2) is 37.9 Å². The molecular weight excluding hydrogens is 220 g/mol. The lowest BCUT2D eigenvalue weighted by Crippen LogP contribution is -2.02. The third-order valence-electron chi connectivity index (χ3n) is 0.756. The Morgan fingerprint density at radius 1 is 1.08 bits per heavy atom. The summed E-state index contributed by atoms with van der Waals surface area (Å²) in [6, 6.07) is 0. The summed E-state index contributed by atoms with van der Waals surface area (Å²) in [5.74, 6) is -0.108. The molecule has 8 heteroatoms. The first kappa shape index (κ1) is 15.3. The van der Waals surface area contributed by atoms with Gasteiger partial charge in [-0.3, -0.25) is 9.11 Å². The summed E-state index contributed by atoms with van der Waals surface area (Å²) >= 11 is 0. The molecule has 6 nitrogen and oxygen atoms in total. The normalized spacial score (nSPS) is 11.7. The Labute approximate surface area is 78.5 Å². The van der Waals surface area contributed by atoms with Crippen molar-refractivity contribution in [2.75, 3.05) is 12.0 Å². The Bertz CT molecular complexity index is 292. The van der Waals surface area contributed by atoms with Crippen LogP contribution in [-0.2, 0) is 20.2 Å². The van der Waals surface area contributed by atoms with E-state index in [1.807, 2.05) is 6.92 Å². The third-order valence-corrected chi connectivity index (χ3v) is 1.56. The monoisotopic (exact) mass is 234 g/mol. The second kappa shape index (κ2) is 6.30. The van der Waals surface area contributed by atoms with Crippen LogP contribution in [0.2, 0.25) is 0 Å². The van der Waals surface area contributed by atoms with Crippen molar-refractivity contribution in [3.8, 4) is 0 Å². The van der Waals surface area contributed by atoms with Crippen LogP contribution in [0, 0.1) is 0 Å². The van der Waals surface area contributed by atoms with Gasteiger partial charge in [0.15, 0.2) is 0 Å². The first-order valence-electron chi connectivity index (χ1n) is 3.44. The molecule has 0 saturated carbocycles. The van der Waals surface area contributed by atoms with E-state index >= 15 is 0 Å². The molecule has 0 saturated heterocycles. The molecular formula is C5H14O6S2. The molecule has 0 radical (unpaired) electrons. The van der Waals surface area contributed by atoms with E-state index in [9.17, 15) is 16.8 Å². The lowest BCUT2D eigenvalue weighted by Gasteiger charge is -1.90. The van der Waals surface area contributed by atoms with E-state index in [1.54, 1.807) is 0 Å². The van der Waals surface area contributed by atoms with Gasteiger partial charge in [0, 0.05) is 0 Å². The molecule has 0 aromatic rings. The Hall–Kier alpha value is -0.180. The summed E-state index contributed by atoms with van der Waals surface area (Å²) < 4.78 is 53.9. The molecule has 0 aliphatic rings. The van der Waals surface area contributed by atoms with Crippen LogP contribution in [0.25, 0.3) is 0 Å². The van der Waals surface area contributed by atoms with Gasteiger partial charge in [0.2, 0.25) is 0 Å². The minimum Gasteiger partial charge on any atom is -0.286 e. The Balaban J connectivity index is 0.